The fraction of sp³-hybridized carbons (Fsp3) is 0.400. The minimum atomic E-state index is -0.411. The molecule has 0 radical (unpaired) electrons. The summed E-state index contributed by atoms with van der Waals surface area (Å²) in [6, 6.07) is 2.94. The van der Waals surface area contributed by atoms with Gasteiger partial charge in [-0.2, -0.15) is 0 Å². The van der Waals surface area contributed by atoms with Crippen LogP contribution in [0.25, 0.3) is 11.0 Å². The van der Waals surface area contributed by atoms with Crippen molar-refractivity contribution in [3.63, 3.8) is 0 Å². The largest absolute Gasteiger partial charge is 0.363 e. The molecule has 1 fully saturated rings. The molecule has 1 N–H and O–H groups in total. The molecule has 0 aliphatic heterocycles. The highest BCUT2D eigenvalue weighted by atomic mass is 19.1. The van der Waals surface area contributed by atoms with Crippen molar-refractivity contribution < 1.29 is 9.18 Å². The van der Waals surface area contributed by atoms with E-state index >= 15 is 0 Å². The molecule has 1 heterocycles. The van der Waals surface area contributed by atoms with Crippen LogP contribution in [0.2, 0.25) is 0 Å². The molecule has 1 aliphatic carbocycles. The Kier molecular flexibility index (Phi) is 2.92. The zero-order valence-electron chi connectivity index (χ0n) is 11.5. The molecule has 2 aromatic rings. The number of rotatable bonds is 4. The zero-order valence-corrected chi connectivity index (χ0v) is 11.5. The Morgan fingerprint density at radius 3 is 2.80 bits per heavy atom. The number of aromatic nitrogens is 2. The summed E-state index contributed by atoms with van der Waals surface area (Å²) in [5.41, 5.74) is 2.26. The summed E-state index contributed by atoms with van der Waals surface area (Å²) in [5, 5.41) is 3.36. The number of carbonyl (C=O) groups is 1. The third-order valence-electron chi connectivity index (χ3n) is 3.77. The van der Waals surface area contributed by atoms with Crippen LogP contribution in [0.1, 0.15) is 31.0 Å². The van der Waals surface area contributed by atoms with Gasteiger partial charge in [0.25, 0.3) is 0 Å². The summed E-state index contributed by atoms with van der Waals surface area (Å²) in [7, 11) is 0. The van der Waals surface area contributed by atoms with Crippen molar-refractivity contribution >= 4 is 23.1 Å². The average Bonchev–Trinajstić information content (AvgIpc) is 3.13. The summed E-state index contributed by atoms with van der Waals surface area (Å²) in [4.78, 5) is 19.7. The number of nitrogens with zero attached hydrogens (tertiary/aromatic N) is 2. The number of nitrogens with one attached hydrogen (secondary N) is 1. The molecule has 5 heteroatoms. The fourth-order valence-electron chi connectivity index (χ4n) is 2.23. The van der Waals surface area contributed by atoms with E-state index in [1.54, 1.807) is 6.07 Å². The van der Waals surface area contributed by atoms with E-state index in [9.17, 15) is 9.18 Å². The first kappa shape index (κ1) is 13.0. The first-order chi connectivity index (χ1) is 9.52. The van der Waals surface area contributed by atoms with Crippen molar-refractivity contribution in [1.82, 2.24) is 9.97 Å². The second kappa shape index (κ2) is 4.51. The van der Waals surface area contributed by atoms with E-state index in [1.807, 2.05) is 6.92 Å². The predicted molar refractivity (Wildman–Crippen MR) is 75.3 cm³/mol. The van der Waals surface area contributed by atoms with Crippen LogP contribution in [0, 0.1) is 12.7 Å². The Balaban J connectivity index is 2.15. The second-order valence-electron chi connectivity index (χ2n) is 5.61. The third kappa shape index (κ3) is 2.24. The molecule has 1 aliphatic rings. The molecular formula is C15H16FN3O. The normalized spacial score (nSPS) is 16.1. The average molecular weight is 273 g/mol. The first-order valence-electron chi connectivity index (χ1n) is 6.70. The Hall–Kier alpha value is -2.04. The Labute approximate surface area is 116 Å². The van der Waals surface area contributed by atoms with Gasteiger partial charge in [0.05, 0.1) is 16.7 Å². The van der Waals surface area contributed by atoms with E-state index in [0.717, 1.165) is 18.5 Å². The van der Waals surface area contributed by atoms with E-state index in [2.05, 4.69) is 22.2 Å². The molecule has 3 rings (SSSR count). The van der Waals surface area contributed by atoms with Crippen molar-refractivity contribution in [2.75, 3.05) is 5.32 Å². The van der Waals surface area contributed by atoms with Gasteiger partial charge < -0.3 is 10.1 Å². The van der Waals surface area contributed by atoms with E-state index in [1.165, 1.54) is 6.07 Å². The topological polar surface area (TPSA) is 54.9 Å². The fourth-order valence-corrected chi connectivity index (χ4v) is 2.23. The molecule has 0 unspecified atom stereocenters. The minimum absolute atomic E-state index is 0.0115. The monoisotopic (exact) mass is 273 g/mol. The maximum atomic E-state index is 13.8. The number of carbonyl (C=O) groups excluding carboxylic acids is 1. The lowest BCUT2D eigenvalue weighted by molar-refractivity contribution is -0.107. The molecule has 0 spiro atoms. The summed E-state index contributed by atoms with van der Waals surface area (Å²) in [5.74, 6) is 0.265. The molecule has 1 saturated carbocycles. The number of anilines is 1. The van der Waals surface area contributed by atoms with Crippen LogP contribution in [0.4, 0.5) is 10.2 Å². The number of hydrogen-bond donors (Lipinski definition) is 1. The van der Waals surface area contributed by atoms with Crippen molar-refractivity contribution in [1.29, 1.82) is 0 Å². The van der Waals surface area contributed by atoms with Gasteiger partial charge in [-0.15, -0.1) is 0 Å². The van der Waals surface area contributed by atoms with Crippen LogP contribution < -0.4 is 5.32 Å². The van der Waals surface area contributed by atoms with Crippen LogP contribution in [0.5, 0.6) is 0 Å². The van der Waals surface area contributed by atoms with Crippen LogP contribution >= 0.6 is 0 Å². The lowest BCUT2D eigenvalue weighted by atomic mass is 10.1. The Morgan fingerprint density at radius 2 is 2.15 bits per heavy atom. The van der Waals surface area contributed by atoms with Crippen LogP contribution in [-0.2, 0) is 11.2 Å². The highest BCUT2D eigenvalue weighted by Crippen LogP contribution is 2.38. The van der Waals surface area contributed by atoms with E-state index < -0.39 is 5.82 Å². The summed E-state index contributed by atoms with van der Waals surface area (Å²) in [6.07, 6.45) is 2.89. The van der Waals surface area contributed by atoms with Gasteiger partial charge in [-0.05, 0) is 38.8 Å². The summed E-state index contributed by atoms with van der Waals surface area (Å²) >= 11 is 0. The van der Waals surface area contributed by atoms with Crippen molar-refractivity contribution in [3.05, 3.63) is 29.2 Å². The third-order valence-corrected chi connectivity index (χ3v) is 3.77. The van der Waals surface area contributed by atoms with Crippen molar-refractivity contribution in [2.24, 2.45) is 0 Å². The standard InChI is InChI=1S/C15H16FN3O/c1-9-14(19-15(2)6-7-15)18-13-10(5-8-20)11(16)3-4-12(13)17-9/h3-4,8H,5-7H2,1-2H3,(H,18,19). The highest BCUT2D eigenvalue weighted by Gasteiger charge is 2.38. The molecule has 0 saturated heterocycles. The smallest absolute Gasteiger partial charge is 0.148 e. The predicted octanol–water partition coefficient (Wildman–Crippen LogP) is 2.78. The maximum absolute atomic E-state index is 13.8. The molecule has 4 nitrogen and oxygen atoms in total. The zero-order chi connectivity index (χ0) is 14.3. The van der Waals surface area contributed by atoms with Crippen LogP contribution in [0.15, 0.2) is 12.1 Å². The number of fused-ring (bicyclic) bond motifs is 1. The van der Waals surface area contributed by atoms with Crippen LogP contribution in [0.3, 0.4) is 0 Å². The van der Waals surface area contributed by atoms with Gasteiger partial charge >= 0.3 is 0 Å². The number of aryl methyl sites for hydroxylation is 1. The van der Waals surface area contributed by atoms with Crippen molar-refractivity contribution in [3.8, 4) is 0 Å². The lowest BCUT2D eigenvalue weighted by Gasteiger charge is -2.15. The number of halogens is 1. The Morgan fingerprint density at radius 1 is 1.40 bits per heavy atom. The van der Waals surface area contributed by atoms with E-state index in [4.69, 9.17) is 0 Å². The quantitative estimate of drug-likeness (QED) is 0.870. The second-order valence-corrected chi connectivity index (χ2v) is 5.61. The number of aldehydes is 1. The molecule has 0 atom stereocenters. The van der Waals surface area contributed by atoms with Gasteiger partial charge in [-0.1, -0.05) is 0 Å². The Bertz CT molecular complexity index is 695. The molecule has 104 valence electrons. The minimum Gasteiger partial charge on any atom is -0.363 e. The summed E-state index contributed by atoms with van der Waals surface area (Å²) in [6.45, 7) is 4.00. The van der Waals surface area contributed by atoms with Gasteiger partial charge in [0, 0.05) is 17.5 Å². The highest BCUT2D eigenvalue weighted by molar-refractivity contribution is 5.82. The molecular weight excluding hydrogens is 257 g/mol. The molecule has 0 amide bonds. The van der Waals surface area contributed by atoms with Gasteiger partial charge in [-0.3, -0.25) is 0 Å². The number of benzene rings is 1. The molecule has 1 aromatic heterocycles. The van der Waals surface area contributed by atoms with E-state index in [-0.39, 0.29) is 12.0 Å². The van der Waals surface area contributed by atoms with Gasteiger partial charge in [0.15, 0.2) is 0 Å². The maximum Gasteiger partial charge on any atom is 0.148 e. The van der Waals surface area contributed by atoms with Gasteiger partial charge in [-0.25, -0.2) is 14.4 Å². The van der Waals surface area contributed by atoms with E-state index in [0.29, 0.717) is 28.7 Å². The molecule has 20 heavy (non-hydrogen) atoms. The van der Waals surface area contributed by atoms with Crippen molar-refractivity contribution in [2.45, 2.75) is 38.6 Å². The van der Waals surface area contributed by atoms with Crippen LogP contribution in [-0.4, -0.2) is 21.8 Å². The lowest BCUT2D eigenvalue weighted by Crippen LogP contribution is -2.18. The van der Waals surface area contributed by atoms with Gasteiger partial charge in [0.2, 0.25) is 0 Å². The molecule has 1 aromatic carbocycles. The SMILES string of the molecule is Cc1nc2ccc(F)c(CC=O)c2nc1NC1(C)CC1. The summed E-state index contributed by atoms with van der Waals surface area (Å²) < 4.78 is 13.8. The first-order valence-corrected chi connectivity index (χ1v) is 6.70. The molecule has 0 bridgehead atoms. The number of hydrogen-bond acceptors (Lipinski definition) is 4. The van der Waals surface area contributed by atoms with Gasteiger partial charge in [0.1, 0.15) is 17.9 Å².